The lowest BCUT2D eigenvalue weighted by Crippen LogP contribution is -2.06. The predicted octanol–water partition coefficient (Wildman–Crippen LogP) is 4.34. The quantitative estimate of drug-likeness (QED) is 0.414. The van der Waals surface area contributed by atoms with Crippen molar-refractivity contribution in [1.29, 1.82) is 0 Å². The molecule has 0 aliphatic carbocycles. The van der Waals surface area contributed by atoms with Gasteiger partial charge in [-0.3, -0.25) is 0 Å². The number of aryl methyl sites for hydroxylation is 2. The maximum absolute atomic E-state index is 12.4. The van der Waals surface area contributed by atoms with Crippen LogP contribution in [0.5, 0.6) is 5.75 Å². The van der Waals surface area contributed by atoms with Gasteiger partial charge in [-0.2, -0.15) is 4.98 Å². The Morgan fingerprint density at radius 3 is 2.76 bits per heavy atom. The van der Waals surface area contributed by atoms with Gasteiger partial charge in [0.15, 0.2) is 6.61 Å². The molecule has 3 heterocycles. The average Bonchev–Trinajstić information content (AvgIpc) is 3.47. The maximum atomic E-state index is 12.4. The van der Waals surface area contributed by atoms with Gasteiger partial charge in [0.1, 0.15) is 18.1 Å². The lowest BCUT2D eigenvalue weighted by atomic mass is 10.2. The zero-order chi connectivity index (χ0) is 20.2. The number of aromatic nitrogens is 3. The van der Waals surface area contributed by atoms with Crippen LogP contribution in [0.25, 0.3) is 10.8 Å². The van der Waals surface area contributed by atoms with E-state index in [2.05, 4.69) is 15.3 Å². The van der Waals surface area contributed by atoms with Crippen LogP contribution in [-0.2, 0) is 18.0 Å². The van der Waals surface area contributed by atoms with E-state index in [1.54, 1.807) is 24.3 Å². The molecule has 4 rings (SSSR count). The summed E-state index contributed by atoms with van der Waals surface area (Å²) in [5.74, 6) is 1.45. The van der Waals surface area contributed by atoms with Gasteiger partial charge < -0.3 is 18.5 Å². The molecule has 29 heavy (non-hydrogen) atoms. The molecule has 0 spiro atoms. The lowest BCUT2D eigenvalue weighted by molar-refractivity contribution is 0.0459. The monoisotopic (exact) mass is 411 g/mol. The third-order valence-corrected chi connectivity index (χ3v) is 5.02. The Morgan fingerprint density at radius 2 is 2.00 bits per heavy atom. The van der Waals surface area contributed by atoms with Crippen LogP contribution >= 0.6 is 11.3 Å². The van der Waals surface area contributed by atoms with E-state index < -0.39 is 5.97 Å². The highest BCUT2D eigenvalue weighted by molar-refractivity contribution is 7.13. The second-order valence-electron chi connectivity index (χ2n) is 6.19. The number of esters is 1. The predicted molar refractivity (Wildman–Crippen MR) is 103 cm³/mol. The molecule has 0 unspecified atom stereocenters. The molecule has 0 bridgehead atoms. The summed E-state index contributed by atoms with van der Waals surface area (Å²) >= 11 is 1.49. The van der Waals surface area contributed by atoms with Gasteiger partial charge in [0.25, 0.3) is 5.89 Å². The number of benzene rings is 1. The molecule has 0 atom stereocenters. The number of carbonyl (C=O) groups is 1. The summed E-state index contributed by atoms with van der Waals surface area (Å²) in [5.41, 5.74) is 2.03. The van der Waals surface area contributed by atoms with Crippen LogP contribution < -0.4 is 4.74 Å². The number of nitrogens with zero attached hydrogens (tertiary/aromatic N) is 3. The van der Waals surface area contributed by atoms with E-state index in [0.717, 1.165) is 16.1 Å². The Morgan fingerprint density at radius 1 is 1.10 bits per heavy atom. The molecule has 0 amide bonds. The van der Waals surface area contributed by atoms with Crippen molar-refractivity contribution in [2.45, 2.75) is 27.1 Å². The van der Waals surface area contributed by atoms with E-state index >= 15 is 0 Å². The molecular formula is C20H17N3O5S. The Balaban J connectivity index is 1.36. The molecule has 0 radical (unpaired) electrons. The molecule has 148 valence electrons. The summed E-state index contributed by atoms with van der Waals surface area (Å²) < 4.78 is 21.4. The molecule has 0 fully saturated rings. The van der Waals surface area contributed by atoms with Crippen molar-refractivity contribution in [2.24, 2.45) is 0 Å². The van der Waals surface area contributed by atoms with Crippen LogP contribution in [0.1, 0.15) is 33.2 Å². The smallest absolute Gasteiger partial charge is 0.338 e. The lowest BCUT2D eigenvalue weighted by Gasteiger charge is -2.07. The second-order valence-corrected chi connectivity index (χ2v) is 7.14. The number of hydrogen-bond acceptors (Lipinski definition) is 9. The Kier molecular flexibility index (Phi) is 5.39. The van der Waals surface area contributed by atoms with Gasteiger partial charge in [-0.1, -0.05) is 22.4 Å². The molecular weight excluding hydrogens is 394 g/mol. The molecule has 0 saturated heterocycles. The number of thiophene rings is 1. The minimum Gasteiger partial charge on any atom is -0.489 e. The third kappa shape index (κ3) is 4.35. The molecule has 9 heteroatoms. The molecule has 0 aliphatic rings. The summed E-state index contributed by atoms with van der Waals surface area (Å²) in [5, 5.41) is 9.65. The van der Waals surface area contributed by atoms with Gasteiger partial charge in [0.05, 0.1) is 21.7 Å². The van der Waals surface area contributed by atoms with Gasteiger partial charge in [-0.25, -0.2) is 4.79 Å². The normalized spacial score (nSPS) is 10.8. The molecule has 0 N–H and O–H groups in total. The summed E-state index contributed by atoms with van der Waals surface area (Å²) in [4.78, 5) is 17.4. The largest absolute Gasteiger partial charge is 0.489 e. The fourth-order valence-electron chi connectivity index (χ4n) is 2.60. The Labute approximate surface area is 170 Å². The van der Waals surface area contributed by atoms with E-state index in [-0.39, 0.29) is 6.61 Å². The van der Waals surface area contributed by atoms with Crippen molar-refractivity contribution >= 4 is 17.3 Å². The zero-order valence-corrected chi connectivity index (χ0v) is 16.6. The highest BCUT2D eigenvalue weighted by Gasteiger charge is 2.14. The minimum absolute atomic E-state index is 0.0854. The standard InChI is InChI=1S/C20H17N3O5S/c1-12-16(13(2)27-22-12)10-25-15-6-3-5-14(9-15)20(24)26-11-18-21-19(28-23-18)17-7-4-8-29-17/h3-9H,10-11H2,1-2H3. The molecule has 8 nitrogen and oxygen atoms in total. The highest BCUT2D eigenvalue weighted by Crippen LogP contribution is 2.23. The van der Waals surface area contributed by atoms with Crippen LogP contribution in [0.2, 0.25) is 0 Å². The van der Waals surface area contributed by atoms with Gasteiger partial charge in [0.2, 0.25) is 5.82 Å². The third-order valence-electron chi connectivity index (χ3n) is 4.17. The summed E-state index contributed by atoms with van der Waals surface area (Å²) in [6, 6.07) is 10.5. The zero-order valence-electron chi connectivity index (χ0n) is 15.7. The van der Waals surface area contributed by atoms with E-state index in [1.165, 1.54) is 11.3 Å². The minimum atomic E-state index is -0.504. The Hall–Kier alpha value is -3.46. The first-order valence-corrected chi connectivity index (χ1v) is 9.66. The van der Waals surface area contributed by atoms with Crippen LogP contribution in [0.4, 0.5) is 0 Å². The number of rotatable bonds is 7. The van der Waals surface area contributed by atoms with Gasteiger partial charge in [0, 0.05) is 0 Å². The van der Waals surface area contributed by atoms with Crippen molar-refractivity contribution in [3.63, 3.8) is 0 Å². The van der Waals surface area contributed by atoms with E-state index in [1.807, 2.05) is 31.4 Å². The van der Waals surface area contributed by atoms with Crippen LogP contribution in [0.15, 0.2) is 50.8 Å². The fourth-order valence-corrected chi connectivity index (χ4v) is 3.25. The molecule has 3 aromatic heterocycles. The van der Waals surface area contributed by atoms with E-state index in [4.69, 9.17) is 18.5 Å². The fraction of sp³-hybridized carbons (Fsp3) is 0.200. The van der Waals surface area contributed by atoms with Crippen molar-refractivity contribution < 1.29 is 23.3 Å². The molecule has 4 aromatic rings. The topological polar surface area (TPSA) is 100 Å². The molecule has 1 aromatic carbocycles. The summed E-state index contributed by atoms with van der Waals surface area (Å²) in [7, 11) is 0. The van der Waals surface area contributed by atoms with Crippen LogP contribution in [0.3, 0.4) is 0 Å². The Bertz CT molecular complexity index is 1100. The first-order valence-electron chi connectivity index (χ1n) is 8.78. The number of ether oxygens (including phenoxy) is 2. The first-order chi connectivity index (χ1) is 14.1. The van der Waals surface area contributed by atoms with Crippen LogP contribution in [0, 0.1) is 13.8 Å². The van der Waals surface area contributed by atoms with Crippen molar-refractivity contribution in [3.8, 4) is 16.5 Å². The van der Waals surface area contributed by atoms with Crippen molar-refractivity contribution in [2.75, 3.05) is 0 Å². The molecule has 0 aliphatic heterocycles. The van der Waals surface area contributed by atoms with Crippen molar-refractivity contribution in [1.82, 2.24) is 15.3 Å². The van der Waals surface area contributed by atoms with Crippen molar-refractivity contribution in [3.05, 3.63) is 70.2 Å². The maximum Gasteiger partial charge on any atom is 0.338 e. The summed E-state index contributed by atoms with van der Waals surface area (Å²) in [6.07, 6.45) is 0. The van der Waals surface area contributed by atoms with Gasteiger partial charge in [-0.15, -0.1) is 11.3 Å². The van der Waals surface area contributed by atoms with E-state index in [9.17, 15) is 4.79 Å². The SMILES string of the molecule is Cc1noc(C)c1COc1cccc(C(=O)OCc2noc(-c3cccs3)n2)c1. The second kappa shape index (κ2) is 8.27. The van der Waals surface area contributed by atoms with Gasteiger partial charge >= 0.3 is 5.97 Å². The number of carbonyl (C=O) groups excluding carboxylic acids is 1. The van der Waals surface area contributed by atoms with Crippen LogP contribution in [-0.4, -0.2) is 21.3 Å². The van der Waals surface area contributed by atoms with Gasteiger partial charge in [-0.05, 0) is 43.5 Å². The summed E-state index contributed by atoms with van der Waals surface area (Å²) in [6.45, 7) is 3.89. The number of hydrogen-bond donors (Lipinski definition) is 0. The van der Waals surface area contributed by atoms with E-state index in [0.29, 0.717) is 35.4 Å². The first kappa shape index (κ1) is 18.9. The average molecular weight is 411 g/mol. The molecule has 0 saturated carbocycles. The highest BCUT2D eigenvalue weighted by atomic mass is 32.1.